The van der Waals surface area contributed by atoms with Crippen LogP contribution in [0.25, 0.3) is 0 Å². The highest BCUT2D eigenvalue weighted by atomic mass is 16.7. The second-order valence-corrected chi connectivity index (χ2v) is 7.91. The van der Waals surface area contributed by atoms with E-state index in [9.17, 15) is 4.79 Å². The molecule has 1 heterocycles. The van der Waals surface area contributed by atoms with Crippen LogP contribution in [0.5, 0.6) is 23.0 Å². The second-order valence-electron chi connectivity index (χ2n) is 7.91. The Labute approximate surface area is 183 Å². The van der Waals surface area contributed by atoms with Crippen molar-refractivity contribution in [1.82, 2.24) is 4.90 Å². The summed E-state index contributed by atoms with van der Waals surface area (Å²) < 4.78 is 22.2. The summed E-state index contributed by atoms with van der Waals surface area (Å²) >= 11 is 0. The van der Waals surface area contributed by atoms with E-state index in [1.54, 1.807) is 7.11 Å². The predicted molar refractivity (Wildman–Crippen MR) is 118 cm³/mol. The third-order valence-electron chi connectivity index (χ3n) is 5.83. The minimum absolute atomic E-state index is 0.0261. The van der Waals surface area contributed by atoms with Crippen LogP contribution < -0.4 is 18.9 Å². The van der Waals surface area contributed by atoms with E-state index >= 15 is 0 Å². The summed E-state index contributed by atoms with van der Waals surface area (Å²) in [6.45, 7) is 4.51. The van der Waals surface area contributed by atoms with E-state index in [1.807, 2.05) is 47.4 Å². The van der Waals surface area contributed by atoms with Crippen molar-refractivity contribution in [1.29, 1.82) is 0 Å². The zero-order chi connectivity index (χ0) is 21.6. The van der Waals surface area contributed by atoms with E-state index in [2.05, 4.69) is 6.58 Å². The number of carbonyl (C=O) groups is 1. The molecule has 31 heavy (non-hydrogen) atoms. The van der Waals surface area contributed by atoms with E-state index < -0.39 is 0 Å². The first-order valence-electron chi connectivity index (χ1n) is 10.8. The van der Waals surface area contributed by atoms with Crippen molar-refractivity contribution in [3.63, 3.8) is 0 Å². The number of ether oxygens (including phenoxy) is 4. The molecule has 0 bridgehead atoms. The van der Waals surface area contributed by atoms with Crippen LogP contribution in [0, 0.1) is 0 Å². The van der Waals surface area contributed by atoms with Crippen LogP contribution in [0.15, 0.2) is 49.1 Å². The summed E-state index contributed by atoms with van der Waals surface area (Å²) in [5.41, 5.74) is 2.11. The molecule has 4 rings (SSSR count). The minimum atomic E-state index is -0.0295. The number of nitrogens with zero attached hydrogens (tertiary/aromatic N) is 1. The van der Waals surface area contributed by atoms with Crippen LogP contribution in [0.2, 0.25) is 0 Å². The van der Waals surface area contributed by atoms with Crippen LogP contribution in [0.1, 0.15) is 36.8 Å². The van der Waals surface area contributed by atoms with Gasteiger partial charge in [-0.1, -0.05) is 31.1 Å². The van der Waals surface area contributed by atoms with Crippen LogP contribution >= 0.6 is 0 Å². The van der Waals surface area contributed by atoms with Crippen molar-refractivity contribution in [3.8, 4) is 23.0 Å². The van der Waals surface area contributed by atoms with E-state index in [4.69, 9.17) is 18.9 Å². The number of rotatable bonds is 9. The molecule has 1 aliphatic heterocycles. The highest BCUT2D eigenvalue weighted by Crippen LogP contribution is 2.34. The van der Waals surface area contributed by atoms with Gasteiger partial charge < -0.3 is 23.8 Å². The summed E-state index contributed by atoms with van der Waals surface area (Å²) in [5.74, 6) is 2.64. The average Bonchev–Trinajstić information content (AvgIpc) is 3.48. The molecule has 2 aliphatic rings. The van der Waals surface area contributed by atoms with Gasteiger partial charge in [-0.15, -0.1) is 6.58 Å². The normalized spacial score (nSPS) is 15.0. The first-order chi connectivity index (χ1) is 15.2. The lowest BCUT2D eigenvalue weighted by Crippen LogP contribution is -2.41. The monoisotopic (exact) mass is 423 g/mol. The molecule has 0 radical (unpaired) electrons. The van der Waals surface area contributed by atoms with Gasteiger partial charge >= 0.3 is 0 Å². The molecule has 1 amide bonds. The van der Waals surface area contributed by atoms with E-state index in [0.717, 1.165) is 54.7 Å². The molecule has 6 heteroatoms. The molecule has 0 N–H and O–H groups in total. The van der Waals surface area contributed by atoms with Gasteiger partial charge in [-0.3, -0.25) is 4.79 Å². The molecule has 0 unspecified atom stereocenters. The molecule has 1 aliphatic carbocycles. The quantitative estimate of drug-likeness (QED) is 0.556. The third kappa shape index (κ3) is 4.95. The standard InChI is InChI=1S/C25H29NO5/c1-3-6-18-9-11-21(23(13-18)28-2)29-16-25(27)26(20-7-4-5-8-20)15-19-10-12-22-24(14-19)31-17-30-22/h3,9-14,20H,1,4-8,15-17H2,2H3. The lowest BCUT2D eigenvalue weighted by atomic mass is 10.1. The van der Waals surface area contributed by atoms with E-state index in [-0.39, 0.29) is 25.3 Å². The zero-order valence-corrected chi connectivity index (χ0v) is 18.0. The number of carbonyl (C=O) groups excluding carboxylic acids is 1. The maximum atomic E-state index is 13.2. The fourth-order valence-corrected chi connectivity index (χ4v) is 4.22. The predicted octanol–water partition coefficient (Wildman–Crippen LogP) is 4.50. The molecule has 2 aromatic carbocycles. The van der Waals surface area contributed by atoms with Crippen molar-refractivity contribution in [2.45, 2.75) is 44.7 Å². The minimum Gasteiger partial charge on any atom is -0.493 e. The maximum absolute atomic E-state index is 13.2. The molecule has 1 fully saturated rings. The summed E-state index contributed by atoms with van der Waals surface area (Å²) in [4.78, 5) is 15.1. The van der Waals surface area contributed by atoms with Gasteiger partial charge in [0.25, 0.3) is 5.91 Å². The Hall–Kier alpha value is -3.15. The summed E-state index contributed by atoms with van der Waals surface area (Å²) in [5, 5.41) is 0. The summed E-state index contributed by atoms with van der Waals surface area (Å²) in [6.07, 6.45) is 6.94. The molecular formula is C25H29NO5. The topological polar surface area (TPSA) is 57.2 Å². The van der Waals surface area contributed by atoms with Crippen molar-refractivity contribution in [3.05, 3.63) is 60.2 Å². The first kappa shape index (κ1) is 21.1. The number of allylic oxidation sites excluding steroid dienone is 1. The largest absolute Gasteiger partial charge is 0.493 e. The third-order valence-corrected chi connectivity index (χ3v) is 5.83. The lowest BCUT2D eigenvalue weighted by Gasteiger charge is -2.29. The molecule has 0 spiro atoms. The van der Waals surface area contributed by atoms with E-state index in [1.165, 1.54) is 0 Å². The number of fused-ring (bicyclic) bond motifs is 1. The fourth-order valence-electron chi connectivity index (χ4n) is 4.22. The van der Waals surface area contributed by atoms with Crippen molar-refractivity contribution in [2.24, 2.45) is 0 Å². The number of hydrogen-bond acceptors (Lipinski definition) is 5. The fraction of sp³-hybridized carbons (Fsp3) is 0.400. The molecule has 0 atom stereocenters. The Bertz CT molecular complexity index is 936. The molecule has 1 saturated carbocycles. The highest BCUT2D eigenvalue weighted by Gasteiger charge is 2.28. The van der Waals surface area contributed by atoms with Gasteiger partial charge in [0, 0.05) is 12.6 Å². The number of amides is 1. The Morgan fingerprint density at radius 3 is 2.65 bits per heavy atom. The van der Waals surface area contributed by atoms with Gasteiger partial charge in [0.1, 0.15) is 0 Å². The van der Waals surface area contributed by atoms with Gasteiger partial charge in [0.2, 0.25) is 6.79 Å². The van der Waals surface area contributed by atoms with Crippen LogP contribution in [0.4, 0.5) is 0 Å². The van der Waals surface area contributed by atoms with Crippen LogP contribution in [0.3, 0.4) is 0 Å². The second kappa shape index (κ2) is 9.77. The Balaban J connectivity index is 1.46. The van der Waals surface area contributed by atoms with Gasteiger partial charge in [-0.05, 0) is 54.7 Å². The molecule has 2 aromatic rings. The molecular weight excluding hydrogens is 394 g/mol. The number of hydrogen-bond donors (Lipinski definition) is 0. The number of benzene rings is 2. The Kier molecular flexibility index (Phi) is 6.65. The van der Waals surface area contributed by atoms with Gasteiger partial charge in [0.05, 0.1) is 7.11 Å². The molecule has 164 valence electrons. The number of methoxy groups -OCH3 is 1. The first-order valence-corrected chi connectivity index (χ1v) is 10.8. The Morgan fingerprint density at radius 2 is 1.87 bits per heavy atom. The smallest absolute Gasteiger partial charge is 0.261 e. The SMILES string of the molecule is C=CCc1ccc(OCC(=O)N(Cc2ccc3c(c2)OCO3)C2CCCC2)c(OC)c1. The van der Waals surface area contributed by atoms with Crippen molar-refractivity contribution < 1.29 is 23.7 Å². The molecule has 6 nitrogen and oxygen atoms in total. The van der Waals surface area contributed by atoms with Crippen LogP contribution in [-0.2, 0) is 17.8 Å². The van der Waals surface area contributed by atoms with Gasteiger partial charge in [-0.25, -0.2) is 0 Å². The lowest BCUT2D eigenvalue weighted by molar-refractivity contribution is -0.136. The zero-order valence-electron chi connectivity index (χ0n) is 18.0. The van der Waals surface area contributed by atoms with Crippen molar-refractivity contribution >= 4 is 5.91 Å². The van der Waals surface area contributed by atoms with Gasteiger partial charge in [-0.2, -0.15) is 0 Å². The van der Waals surface area contributed by atoms with E-state index in [0.29, 0.717) is 18.0 Å². The van der Waals surface area contributed by atoms with Gasteiger partial charge in [0.15, 0.2) is 29.6 Å². The van der Waals surface area contributed by atoms with Crippen LogP contribution in [-0.4, -0.2) is 37.4 Å². The molecule has 0 aromatic heterocycles. The maximum Gasteiger partial charge on any atom is 0.261 e. The molecule has 0 saturated heterocycles. The summed E-state index contributed by atoms with van der Waals surface area (Å²) in [6, 6.07) is 11.8. The summed E-state index contributed by atoms with van der Waals surface area (Å²) in [7, 11) is 1.60. The highest BCUT2D eigenvalue weighted by molar-refractivity contribution is 5.78. The average molecular weight is 424 g/mol. The van der Waals surface area contributed by atoms with Crippen molar-refractivity contribution in [2.75, 3.05) is 20.5 Å². The Morgan fingerprint density at radius 1 is 1.10 bits per heavy atom.